The Morgan fingerprint density at radius 2 is 1.97 bits per heavy atom. The Morgan fingerprint density at radius 1 is 1.20 bits per heavy atom. The number of nitrogens with zero attached hydrogens (tertiary/aromatic N) is 4. The fraction of sp³-hybridized carbons (Fsp3) is 0.360. The zero-order valence-electron chi connectivity index (χ0n) is 20.0. The van der Waals surface area contributed by atoms with Crippen molar-refractivity contribution in [1.29, 1.82) is 0 Å². The molecule has 0 saturated heterocycles. The first-order valence-corrected chi connectivity index (χ1v) is 12.9. The lowest BCUT2D eigenvalue weighted by atomic mass is 10.1. The molecule has 2 heterocycles. The highest BCUT2D eigenvalue weighted by molar-refractivity contribution is 7.98. The Balaban J connectivity index is 1.88. The predicted octanol–water partition coefficient (Wildman–Crippen LogP) is 5.31. The maximum atomic E-state index is 14.4. The lowest BCUT2D eigenvalue weighted by molar-refractivity contribution is 0.0939. The van der Waals surface area contributed by atoms with Gasteiger partial charge >= 0.3 is 0 Å². The fourth-order valence-corrected chi connectivity index (χ4v) is 5.05. The number of benzene rings is 2. The van der Waals surface area contributed by atoms with Crippen molar-refractivity contribution in [2.75, 3.05) is 0 Å². The van der Waals surface area contributed by atoms with Gasteiger partial charge in [0.15, 0.2) is 5.16 Å². The smallest absolute Gasteiger partial charge is 0.262 e. The number of thioether (sulfide) groups is 1. The summed E-state index contributed by atoms with van der Waals surface area (Å²) in [6.45, 7) is 8.42. The number of carbonyl (C=O) groups is 1. The summed E-state index contributed by atoms with van der Waals surface area (Å²) in [5.74, 6) is 0.175. The van der Waals surface area contributed by atoms with Crippen LogP contribution in [0, 0.1) is 11.7 Å². The second-order valence-electron chi connectivity index (χ2n) is 8.93. The molecule has 2 aromatic carbocycles. The number of halogens is 2. The van der Waals surface area contributed by atoms with E-state index in [2.05, 4.69) is 15.5 Å². The summed E-state index contributed by atoms with van der Waals surface area (Å²) in [5.41, 5.74) is 1.12. The number of aromatic nitrogens is 4. The van der Waals surface area contributed by atoms with Crippen LogP contribution in [-0.4, -0.2) is 31.1 Å². The zero-order chi connectivity index (χ0) is 25.3. The van der Waals surface area contributed by atoms with Crippen molar-refractivity contribution in [2.24, 2.45) is 5.92 Å². The molecule has 4 rings (SSSR count). The Morgan fingerprint density at radius 3 is 2.66 bits per heavy atom. The average Bonchev–Trinajstić information content (AvgIpc) is 3.24. The van der Waals surface area contributed by atoms with Gasteiger partial charge in [0, 0.05) is 34.5 Å². The van der Waals surface area contributed by atoms with Gasteiger partial charge in [0.1, 0.15) is 5.82 Å². The predicted molar refractivity (Wildman–Crippen MR) is 138 cm³/mol. The second kappa shape index (κ2) is 10.4. The summed E-state index contributed by atoms with van der Waals surface area (Å²) in [5, 5.41) is 12.8. The van der Waals surface area contributed by atoms with Gasteiger partial charge in [-0.05, 0) is 49.6 Å². The third kappa shape index (κ3) is 5.06. The average molecular weight is 516 g/mol. The summed E-state index contributed by atoms with van der Waals surface area (Å²) in [6, 6.07) is 9.59. The van der Waals surface area contributed by atoms with Gasteiger partial charge in [-0.1, -0.05) is 50.2 Å². The minimum atomic E-state index is -0.399. The molecule has 0 bridgehead atoms. The summed E-state index contributed by atoms with van der Waals surface area (Å²) in [4.78, 5) is 26.2. The van der Waals surface area contributed by atoms with Gasteiger partial charge < -0.3 is 5.32 Å². The summed E-state index contributed by atoms with van der Waals surface area (Å²) in [6.07, 6.45) is 0.800. The molecule has 0 spiro atoms. The number of hydrogen-bond donors (Lipinski definition) is 1. The minimum Gasteiger partial charge on any atom is -0.350 e. The van der Waals surface area contributed by atoms with Gasteiger partial charge in [-0.25, -0.2) is 4.39 Å². The SMILES string of the molecule is CCC(C)NC(=O)c1ccc2c(=O)n(CC(C)C)c3nnc(SCc4c(F)cccc4Cl)n3c2c1. The highest BCUT2D eigenvalue weighted by Crippen LogP contribution is 2.29. The maximum absolute atomic E-state index is 14.4. The zero-order valence-corrected chi connectivity index (χ0v) is 21.6. The molecule has 4 aromatic rings. The molecule has 0 aliphatic heterocycles. The number of hydrogen-bond acceptors (Lipinski definition) is 5. The second-order valence-corrected chi connectivity index (χ2v) is 10.3. The van der Waals surface area contributed by atoms with Crippen molar-refractivity contribution in [2.45, 2.75) is 57.6 Å². The van der Waals surface area contributed by atoms with Crippen molar-refractivity contribution in [1.82, 2.24) is 24.5 Å². The molecule has 7 nitrogen and oxygen atoms in total. The Labute approximate surface area is 211 Å². The molecule has 0 fully saturated rings. The van der Waals surface area contributed by atoms with Gasteiger partial charge in [0.05, 0.1) is 10.9 Å². The Hall–Kier alpha value is -2.91. The Bertz CT molecular complexity index is 1450. The van der Waals surface area contributed by atoms with E-state index in [0.717, 1.165) is 6.42 Å². The van der Waals surface area contributed by atoms with Crippen LogP contribution in [0.3, 0.4) is 0 Å². The first-order chi connectivity index (χ1) is 16.7. The largest absolute Gasteiger partial charge is 0.350 e. The molecule has 1 N–H and O–H groups in total. The van der Waals surface area contributed by atoms with Crippen molar-refractivity contribution < 1.29 is 9.18 Å². The van der Waals surface area contributed by atoms with Gasteiger partial charge in [-0.15, -0.1) is 10.2 Å². The first-order valence-electron chi connectivity index (χ1n) is 11.5. The summed E-state index contributed by atoms with van der Waals surface area (Å²) < 4.78 is 17.7. The quantitative estimate of drug-likeness (QED) is 0.321. The number of rotatable bonds is 8. The minimum absolute atomic E-state index is 0.0174. The summed E-state index contributed by atoms with van der Waals surface area (Å²) >= 11 is 7.47. The van der Waals surface area contributed by atoms with Gasteiger partial charge in [0.2, 0.25) is 5.78 Å². The molecule has 0 saturated carbocycles. The lowest BCUT2D eigenvalue weighted by Gasteiger charge is -2.15. The maximum Gasteiger partial charge on any atom is 0.262 e. The highest BCUT2D eigenvalue weighted by Gasteiger charge is 2.20. The molecular formula is C25H27ClFN5O2S. The monoisotopic (exact) mass is 515 g/mol. The van der Waals surface area contributed by atoms with E-state index < -0.39 is 5.82 Å². The lowest BCUT2D eigenvalue weighted by Crippen LogP contribution is -2.32. The molecule has 184 valence electrons. The van der Waals surface area contributed by atoms with Crippen LogP contribution in [0.2, 0.25) is 5.02 Å². The third-order valence-corrected chi connectivity index (χ3v) is 7.09. The molecule has 1 unspecified atom stereocenters. The van der Waals surface area contributed by atoms with Crippen molar-refractivity contribution in [3.8, 4) is 0 Å². The Kier molecular flexibility index (Phi) is 7.47. The normalized spacial score (nSPS) is 12.5. The van der Waals surface area contributed by atoms with E-state index in [-0.39, 0.29) is 29.2 Å². The van der Waals surface area contributed by atoms with Crippen LogP contribution in [0.25, 0.3) is 16.7 Å². The molecule has 0 aliphatic rings. The molecule has 2 aromatic heterocycles. The molecule has 0 radical (unpaired) electrons. The van der Waals surface area contributed by atoms with Crippen LogP contribution in [0.4, 0.5) is 4.39 Å². The van der Waals surface area contributed by atoms with Gasteiger partial charge in [-0.2, -0.15) is 0 Å². The number of carbonyl (C=O) groups excluding carboxylic acids is 1. The third-order valence-electron chi connectivity index (χ3n) is 5.78. The molecule has 1 atom stereocenters. The van der Waals surface area contributed by atoms with E-state index in [1.807, 2.05) is 27.7 Å². The topological polar surface area (TPSA) is 81.3 Å². The number of nitrogens with one attached hydrogen (secondary N) is 1. The van der Waals surface area contributed by atoms with Gasteiger partial charge in [-0.3, -0.25) is 18.6 Å². The molecule has 0 aliphatic carbocycles. The fourth-order valence-electron chi connectivity index (χ4n) is 3.76. The van der Waals surface area contributed by atoms with Crippen LogP contribution in [0.5, 0.6) is 0 Å². The number of amides is 1. The van der Waals surface area contributed by atoms with E-state index in [1.165, 1.54) is 17.8 Å². The standard InChI is InChI=1S/C25H27ClFN5O2S/c1-5-15(4)28-22(33)16-9-10-17-21(11-16)32-24(31(23(17)34)12-14(2)3)29-30-25(32)35-13-18-19(26)7-6-8-20(18)27/h6-11,14-15H,5,12-13H2,1-4H3,(H,28,33). The highest BCUT2D eigenvalue weighted by atomic mass is 35.5. The van der Waals surface area contributed by atoms with E-state index in [4.69, 9.17) is 11.6 Å². The van der Waals surface area contributed by atoms with Crippen molar-refractivity contribution in [3.05, 3.63) is 68.7 Å². The molecule has 10 heteroatoms. The first kappa shape index (κ1) is 25.2. The molecule has 1 amide bonds. The van der Waals surface area contributed by atoms with Crippen LogP contribution in [-0.2, 0) is 12.3 Å². The van der Waals surface area contributed by atoms with E-state index >= 15 is 0 Å². The van der Waals surface area contributed by atoms with Crippen LogP contribution < -0.4 is 10.9 Å². The van der Waals surface area contributed by atoms with E-state index in [9.17, 15) is 14.0 Å². The van der Waals surface area contributed by atoms with Crippen molar-refractivity contribution in [3.63, 3.8) is 0 Å². The van der Waals surface area contributed by atoms with Gasteiger partial charge in [0.25, 0.3) is 11.5 Å². The van der Waals surface area contributed by atoms with E-state index in [1.54, 1.807) is 39.3 Å². The van der Waals surface area contributed by atoms with E-state index in [0.29, 0.717) is 44.5 Å². The van der Waals surface area contributed by atoms with Crippen LogP contribution >= 0.6 is 23.4 Å². The van der Waals surface area contributed by atoms with Crippen molar-refractivity contribution >= 4 is 46.0 Å². The number of fused-ring (bicyclic) bond motifs is 3. The molecular weight excluding hydrogens is 489 g/mol. The molecule has 35 heavy (non-hydrogen) atoms. The summed E-state index contributed by atoms with van der Waals surface area (Å²) in [7, 11) is 0. The van der Waals surface area contributed by atoms with Crippen LogP contribution in [0.1, 0.15) is 50.0 Å². The van der Waals surface area contributed by atoms with Crippen LogP contribution in [0.15, 0.2) is 46.3 Å².